The lowest BCUT2D eigenvalue weighted by molar-refractivity contribution is -0.148. The van der Waals surface area contributed by atoms with E-state index in [0.29, 0.717) is 31.7 Å². The normalized spacial score (nSPS) is 17.5. The van der Waals surface area contributed by atoms with Gasteiger partial charge in [-0.2, -0.15) is 13.2 Å². The molecule has 1 fully saturated rings. The highest BCUT2D eigenvalue weighted by Crippen LogP contribution is 2.34. The van der Waals surface area contributed by atoms with Gasteiger partial charge in [0.2, 0.25) is 0 Å². The van der Waals surface area contributed by atoms with Gasteiger partial charge in [0.15, 0.2) is 0 Å². The van der Waals surface area contributed by atoms with Gasteiger partial charge in [0.25, 0.3) is 0 Å². The monoisotopic (exact) mass is 346 g/mol. The predicted molar refractivity (Wildman–Crippen MR) is 80.5 cm³/mol. The minimum Gasteiger partial charge on any atom is -0.508 e. The van der Waals surface area contributed by atoms with Crippen LogP contribution in [0.4, 0.5) is 13.2 Å². The molecule has 3 nitrogen and oxygen atoms in total. The lowest BCUT2D eigenvalue weighted by Crippen LogP contribution is -2.46. The van der Waals surface area contributed by atoms with E-state index < -0.39 is 18.6 Å². The summed E-state index contributed by atoms with van der Waals surface area (Å²) >= 11 is 0. The van der Waals surface area contributed by atoms with Gasteiger partial charge in [0.1, 0.15) is 5.75 Å². The van der Waals surface area contributed by atoms with Gasteiger partial charge in [-0.15, -0.1) is 24.8 Å². The number of halogens is 5. The number of phenolic OH excluding ortho intramolecular Hbond substituents is 1. The van der Waals surface area contributed by atoms with Crippen molar-refractivity contribution < 1.29 is 18.3 Å². The molecular weight excluding hydrogens is 328 g/mol. The second kappa shape index (κ2) is 8.68. The second-order valence-corrected chi connectivity index (χ2v) is 4.72. The van der Waals surface area contributed by atoms with Gasteiger partial charge in [-0.3, -0.25) is 4.90 Å². The molecule has 0 saturated carbocycles. The Morgan fingerprint density at radius 2 is 1.81 bits per heavy atom. The molecule has 1 aromatic carbocycles. The summed E-state index contributed by atoms with van der Waals surface area (Å²) in [6.45, 7) is 2.53. The summed E-state index contributed by atoms with van der Waals surface area (Å²) in [6, 6.07) is 5.37. The van der Waals surface area contributed by atoms with Crippen LogP contribution in [-0.2, 0) is 0 Å². The topological polar surface area (TPSA) is 35.5 Å². The van der Waals surface area contributed by atoms with Crippen molar-refractivity contribution in [2.45, 2.75) is 18.6 Å². The molecule has 2 N–H and O–H groups in total. The lowest BCUT2D eigenvalue weighted by Gasteiger charge is -2.35. The third-order valence-electron chi connectivity index (χ3n) is 3.27. The number of alkyl halides is 3. The number of piperazine rings is 1. The molecule has 1 atom stereocenters. The van der Waals surface area contributed by atoms with Crippen LogP contribution in [0.15, 0.2) is 24.3 Å². The number of nitrogens with one attached hydrogen (secondary N) is 1. The molecule has 21 heavy (non-hydrogen) atoms. The molecule has 0 aliphatic carbocycles. The highest BCUT2D eigenvalue weighted by Gasteiger charge is 2.35. The summed E-state index contributed by atoms with van der Waals surface area (Å²) in [5.41, 5.74) is 0.513. The van der Waals surface area contributed by atoms with E-state index in [2.05, 4.69) is 5.32 Å². The summed E-state index contributed by atoms with van der Waals surface area (Å²) in [5.74, 6) is -0.000177. The number of nitrogens with zero attached hydrogens (tertiary/aromatic N) is 1. The maximum atomic E-state index is 12.7. The summed E-state index contributed by atoms with van der Waals surface area (Å²) in [7, 11) is 0. The van der Waals surface area contributed by atoms with Crippen LogP contribution >= 0.6 is 24.8 Å². The first-order chi connectivity index (χ1) is 8.96. The van der Waals surface area contributed by atoms with E-state index in [1.807, 2.05) is 4.90 Å². The summed E-state index contributed by atoms with van der Waals surface area (Å²) in [5, 5.41) is 12.6. The largest absolute Gasteiger partial charge is 0.508 e. The van der Waals surface area contributed by atoms with Crippen molar-refractivity contribution in [1.29, 1.82) is 0 Å². The summed E-state index contributed by atoms with van der Waals surface area (Å²) in [6.07, 6.45) is -5.11. The third-order valence-corrected chi connectivity index (χ3v) is 3.27. The molecule has 1 saturated heterocycles. The SMILES string of the molecule is Cl.Cl.Oc1cccc([C@H](CC(F)(F)F)N2CCNCC2)c1. The van der Waals surface area contributed by atoms with Crippen LogP contribution in [0, 0.1) is 0 Å². The maximum Gasteiger partial charge on any atom is 0.390 e. The smallest absolute Gasteiger partial charge is 0.390 e. The molecule has 122 valence electrons. The van der Waals surface area contributed by atoms with Crippen LogP contribution in [0.25, 0.3) is 0 Å². The van der Waals surface area contributed by atoms with Gasteiger partial charge in [-0.25, -0.2) is 0 Å². The Labute approximate surface area is 134 Å². The Kier molecular flexibility index (Phi) is 8.39. The molecular formula is C13H19Cl2F3N2O. The van der Waals surface area contributed by atoms with Crippen LogP contribution in [0.5, 0.6) is 5.75 Å². The predicted octanol–water partition coefficient (Wildman–Crippen LogP) is 3.13. The van der Waals surface area contributed by atoms with Gasteiger partial charge in [0.05, 0.1) is 6.42 Å². The highest BCUT2D eigenvalue weighted by molar-refractivity contribution is 5.85. The Morgan fingerprint density at radius 1 is 1.19 bits per heavy atom. The fourth-order valence-corrected chi connectivity index (χ4v) is 2.40. The first-order valence-corrected chi connectivity index (χ1v) is 6.26. The quantitative estimate of drug-likeness (QED) is 0.882. The molecule has 0 aromatic heterocycles. The van der Waals surface area contributed by atoms with Crippen LogP contribution in [0.1, 0.15) is 18.0 Å². The van der Waals surface area contributed by atoms with E-state index in [1.165, 1.54) is 12.1 Å². The molecule has 2 rings (SSSR count). The number of aromatic hydroxyl groups is 1. The molecule has 1 heterocycles. The van der Waals surface area contributed by atoms with Gasteiger partial charge < -0.3 is 10.4 Å². The van der Waals surface area contributed by atoms with E-state index in [4.69, 9.17) is 0 Å². The van der Waals surface area contributed by atoms with Crippen LogP contribution < -0.4 is 5.32 Å². The van der Waals surface area contributed by atoms with Crippen LogP contribution in [0.2, 0.25) is 0 Å². The van der Waals surface area contributed by atoms with Crippen molar-refractivity contribution in [3.63, 3.8) is 0 Å². The van der Waals surface area contributed by atoms with Crippen molar-refractivity contribution in [3.8, 4) is 5.75 Å². The Hall–Kier alpha value is -0.690. The van der Waals surface area contributed by atoms with E-state index in [-0.39, 0.29) is 30.6 Å². The average Bonchev–Trinajstić information content (AvgIpc) is 2.36. The second-order valence-electron chi connectivity index (χ2n) is 4.72. The maximum absolute atomic E-state index is 12.7. The molecule has 0 unspecified atom stereocenters. The lowest BCUT2D eigenvalue weighted by atomic mass is 10.0. The summed E-state index contributed by atoms with van der Waals surface area (Å²) in [4.78, 5) is 1.82. The fraction of sp³-hybridized carbons (Fsp3) is 0.538. The minimum absolute atomic E-state index is 0. The Balaban J connectivity index is 0.00000200. The molecule has 0 bridgehead atoms. The first kappa shape index (κ1) is 20.3. The van der Waals surface area contributed by atoms with Gasteiger partial charge in [0, 0.05) is 32.2 Å². The molecule has 0 amide bonds. The van der Waals surface area contributed by atoms with Gasteiger partial charge in [-0.05, 0) is 17.7 Å². The van der Waals surface area contributed by atoms with E-state index in [1.54, 1.807) is 12.1 Å². The first-order valence-electron chi connectivity index (χ1n) is 6.26. The zero-order chi connectivity index (χ0) is 13.9. The van der Waals surface area contributed by atoms with Crippen molar-refractivity contribution >= 4 is 24.8 Å². The fourth-order valence-electron chi connectivity index (χ4n) is 2.40. The Bertz CT molecular complexity index is 426. The average molecular weight is 347 g/mol. The third kappa shape index (κ3) is 6.30. The number of rotatable bonds is 3. The number of hydrogen-bond acceptors (Lipinski definition) is 3. The molecule has 1 aliphatic heterocycles. The highest BCUT2D eigenvalue weighted by atomic mass is 35.5. The van der Waals surface area contributed by atoms with Crippen molar-refractivity contribution in [2.24, 2.45) is 0 Å². The van der Waals surface area contributed by atoms with Crippen LogP contribution in [0.3, 0.4) is 0 Å². The van der Waals surface area contributed by atoms with E-state index in [9.17, 15) is 18.3 Å². The Morgan fingerprint density at radius 3 is 2.33 bits per heavy atom. The zero-order valence-corrected chi connectivity index (χ0v) is 12.9. The van der Waals surface area contributed by atoms with Crippen LogP contribution in [-0.4, -0.2) is 42.4 Å². The number of hydrogen-bond donors (Lipinski definition) is 2. The molecule has 8 heteroatoms. The molecule has 1 aliphatic rings. The molecule has 1 aromatic rings. The van der Waals surface area contributed by atoms with Crippen molar-refractivity contribution in [2.75, 3.05) is 26.2 Å². The molecule has 0 spiro atoms. The van der Waals surface area contributed by atoms with Gasteiger partial charge >= 0.3 is 6.18 Å². The summed E-state index contributed by atoms with van der Waals surface area (Å²) < 4.78 is 38.2. The molecule has 0 radical (unpaired) electrons. The number of phenols is 1. The van der Waals surface area contributed by atoms with E-state index >= 15 is 0 Å². The van der Waals surface area contributed by atoms with Crippen molar-refractivity contribution in [3.05, 3.63) is 29.8 Å². The zero-order valence-electron chi connectivity index (χ0n) is 11.3. The standard InChI is InChI=1S/C13H17F3N2O.2ClH/c14-13(15,16)9-12(18-6-4-17-5-7-18)10-2-1-3-11(19)8-10;;/h1-3,8,12,17,19H,4-7,9H2;2*1H/t12-;;/m0../s1. The van der Waals surface area contributed by atoms with Crippen molar-refractivity contribution in [1.82, 2.24) is 10.2 Å². The van der Waals surface area contributed by atoms with E-state index in [0.717, 1.165) is 0 Å². The minimum atomic E-state index is -4.22. The number of benzene rings is 1. The van der Waals surface area contributed by atoms with Gasteiger partial charge in [-0.1, -0.05) is 12.1 Å².